The minimum atomic E-state index is 0.826. The van der Waals surface area contributed by atoms with Crippen molar-refractivity contribution in [2.24, 2.45) is 0 Å². The van der Waals surface area contributed by atoms with Gasteiger partial charge in [0.15, 0.2) is 0 Å². The van der Waals surface area contributed by atoms with Gasteiger partial charge in [-0.3, -0.25) is 9.97 Å². The van der Waals surface area contributed by atoms with Crippen LogP contribution in [0.25, 0.3) is 105 Å². The second-order valence-electron chi connectivity index (χ2n) is 14.7. The Bertz CT molecular complexity index is 3290. The van der Waals surface area contributed by atoms with E-state index in [1.165, 1.54) is 49.0 Å². The first-order valence-corrected chi connectivity index (χ1v) is 19.3. The fraction of sp³-hybridized carbons (Fsp3) is 0. The second kappa shape index (κ2) is 12.4. The number of benzene rings is 7. The molecule has 0 atom stereocenters. The number of hydrogen-bond donors (Lipinski definition) is 0. The summed E-state index contributed by atoms with van der Waals surface area (Å²) in [5.74, 6) is 0. The minimum absolute atomic E-state index is 0.826. The van der Waals surface area contributed by atoms with Crippen molar-refractivity contribution in [2.75, 3.05) is 0 Å². The van der Waals surface area contributed by atoms with E-state index in [1.54, 1.807) is 0 Å². The van der Waals surface area contributed by atoms with Crippen molar-refractivity contribution in [2.45, 2.75) is 0 Å². The Balaban J connectivity index is 1.09. The highest BCUT2D eigenvalue weighted by atomic mass is 15.0. The molecule has 57 heavy (non-hydrogen) atoms. The summed E-state index contributed by atoms with van der Waals surface area (Å²) in [4.78, 5) is 9.97. The van der Waals surface area contributed by atoms with Crippen molar-refractivity contribution in [1.82, 2.24) is 23.7 Å². The van der Waals surface area contributed by atoms with Gasteiger partial charge in [0, 0.05) is 55.6 Å². The summed E-state index contributed by atoms with van der Waals surface area (Å²) in [6.07, 6.45) is 3.91. The van der Waals surface area contributed by atoms with E-state index in [1.807, 2.05) is 12.4 Å². The first-order valence-electron chi connectivity index (χ1n) is 19.3. The average Bonchev–Trinajstić information content (AvgIpc) is 3.92. The molecule has 5 heteroatoms. The van der Waals surface area contributed by atoms with Crippen LogP contribution in [0.15, 0.2) is 200 Å². The van der Waals surface area contributed by atoms with E-state index in [0.717, 1.165) is 56.0 Å². The molecule has 0 fully saturated rings. The van der Waals surface area contributed by atoms with Gasteiger partial charge in [-0.05, 0) is 90.0 Å². The molecule has 0 aliphatic heterocycles. The average molecular weight is 728 g/mol. The third kappa shape index (κ3) is 4.82. The van der Waals surface area contributed by atoms with E-state index in [9.17, 15) is 0 Å². The molecule has 0 aliphatic rings. The van der Waals surface area contributed by atoms with E-state index in [-0.39, 0.29) is 0 Å². The molecular formula is C52H33N5. The number of para-hydroxylation sites is 6. The lowest BCUT2D eigenvalue weighted by molar-refractivity contribution is 1.13. The molecule has 0 saturated carbocycles. The molecule has 266 valence electrons. The first kappa shape index (κ1) is 31.6. The highest BCUT2D eigenvalue weighted by Crippen LogP contribution is 2.39. The molecule has 0 aliphatic carbocycles. The molecule has 12 rings (SSSR count). The summed E-state index contributed by atoms with van der Waals surface area (Å²) in [5.41, 5.74) is 14.0. The van der Waals surface area contributed by atoms with Gasteiger partial charge in [0.1, 0.15) is 0 Å². The van der Waals surface area contributed by atoms with Crippen LogP contribution in [0.5, 0.6) is 0 Å². The minimum Gasteiger partial charge on any atom is -0.309 e. The molecule has 0 N–H and O–H groups in total. The molecule has 0 bridgehead atoms. The Hall–Kier alpha value is -7.76. The Kier molecular flexibility index (Phi) is 6.86. The number of pyridine rings is 2. The van der Waals surface area contributed by atoms with Crippen LogP contribution in [0, 0.1) is 0 Å². The molecular weight excluding hydrogens is 695 g/mol. The standard InChI is InChI=1S/C52H33N5/c1-2-14-36(15-3-1)55-51-25-13-8-20-43(51)44-32-46(54-33-52(44)55)45-30-34(26-27-53-45)35-28-37(56-47-21-9-4-16-39(47)40-17-5-10-22-48(40)56)31-38(29-35)57-49-23-11-6-18-41(49)42-19-7-12-24-50(42)57/h1-33H. The summed E-state index contributed by atoms with van der Waals surface area (Å²) in [6.45, 7) is 0. The highest BCUT2D eigenvalue weighted by molar-refractivity contribution is 6.12. The van der Waals surface area contributed by atoms with Crippen LogP contribution in [-0.4, -0.2) is 23.7 Å². The van der Waals surface area contributed by atoms with Crippen molar-refractivity contribution in [3.05, 3.63) is 200 Å². The SMILES string of the molecule is c1ccc(-n2c3ccccc3c3cc(-c4cc(-c5cc(-n6c7ccccc7c7ccccc76)cc(-n6c7ccccc7c7ccccc76)c5)ccn4)ncc32)cc1. The monoisotopic (exact) mass is 727 g/mol. The molecule has 5 nitrogen and oxygen atoms in total. The van der Waals surface area contributed by atoms with Crippen LogP contribution in [0.3, 0.4) is 0 Å². The molecule has 0 saturated heterocycles. The van der Waals surface area contributed by atoms with Gasteiger partial charge in [0.05, 0.1) is 50.7 Å². The highest BCUT2D eigenvalue weighted by Gasteiger charge is 2.19. The van der Waals surface area contributed by atoms with E-state index in [2.05, 4.69) is 202 Å². The van der Waals surface area contributed by atoms with Crippen LogP contribution < -0.4 is 0 Å². The van der Waals surface area contributed by atoms with E-state index in [4.69, 9.17) is 9.97 Å². The van der Waals surface area contributed by atoms with Crippen molar-refractivity contribution < 1.29 is 0 Å². The summed E-state index contributed by atoms with van der Waals surface area (Å²) >= 11 is 0. The largest absolute Gasteiger partial charge is 0.309 e. The molecule has 7 aromatic carbocycles. The van der Waals surface area contributed by atoms with Crippen molar-refractivity contribution >= 4 is 65.4 Å². The maximum atomic E-state index is 5.05. The second-order valence-corrected chi connectivity index (χ2v) is 14.7. The van der Waals surface area contributed by atoms with Gasteiger partial charge in [-0.1, -0.05) is 109 Å². The van der Waals surface area contributed by atoms with E-state index in [0.29, 0.717) is 0 Å². The zero-order valence-corrected chi connectivity index (χ0v) is 30.8. The summed E-state index contributed by atoms with van der Waals surface area (Å²) in [7, 11) is 0. The van der Waals surface area contributed by atoms with Crippen LogP contribution in [0.4, 0.5) is 0 Å². The van der Waals surface area contributed by atoms with Gasteiger partial charge >= 0.3 is 0 Å². The van der Waals surface area contributed by atoms with E-state index >= 15 is 0 Å². The fourth-order valence-corrected chi connectivity index (χ4v) is 9.04. The predicted octanol–water partition coefficient (Wildman–Crippen LogP) is 13.1. The van der Waals surface area contributed by atoms with Crippen molar-refractivity contribution in [3.8, 4) is 39.6 Å². The summed E-state index contributed by atoms with van der Waals surface area (Å²) < 4.78 is 7.11. The topological polar surface area (TPSA) is 40.6 Å². The fourth-order valence-electron chi connectivity index (χ4n) is 9.04. The zero-order valence-electron chi connectivity index (χ0n) is 30.8. The molecule has 5 heterocycles. The molecule has 5 aromatic heterocycles. The number of nitrogens with zero attached hydrogens (tertiary/aromatic N) is 5. The summed E-state index contributed by atoms with van der Waals surface area (Å²) in [6, 6.07) is 67.4. The quantitative estimate of drug-likeness (QED) is 0.177. The van der Waals surface area contributed by atoms with E-state index < -0.39 is 0 Å². The Morgan fingerprint density at radius 3 is 1.21 bits per heavy atom. The zero-order chi connectivity index (χ0) is 37.5. The Labute approximate surface area is 328 Å². The molecule has 0 radical (unpaired) electrons. The Morgan fingerprint density at radius 2 is 0.702 bits per heavy atom. The van der Waals surface area contributed by atoms with Crippen LogP contribution in [0.1, 0.15) is 0 Å². The van der Waals surface area contributed by atoms with Crippen molar-refractivity contribution in [3.63, 3.8) is 0 Å². The third-order valence-electron chi connectivity index (χ3n) is 11.5. The lowest BCUT2D eigenvalue weighted by Gasteiger charge is -2.16. The number of aromatic nitrogens is 5. The number of fused-ring (bicyclic) bond motifs is 9. The van der Waals surface area contributed by atoms with Gasteiger partial charge in [0.25, 0.3) is 0 Å². The van der Waals surface area contributed by atoms with Crippen LogP contribution in [0.2, 0.25) is 0 Å². The Morgan fingerprint density at radius 1 is 0.281 bits per heavy atom. The lowest BCUT2D eigenvalue weighted by atomic mass is 10.0. The van der Waals surface area contributed by atoms with Gasteiger partial charge in [-0.2, -0.15) is 0 Å². The molecule has 0 unspecified atom stereocenters. The number of hydrogen-bond acceptors (Lipinski definition) is 2. The number of rotatable bonds is 5. The third-order valence-corrected chi connectivity index (χ3v) is 11.5. The van der Waals surface area contributed by atoms with Gasteiger partial charge < -0.3 is 13.7 Å². The molecule has 0 spiro atoms. The maximum Gasteiger partial charge on any atom is 0.0894 e. The molecule has 12 aromatic rings. The van der Waals surface area contributed by atoms with Crippen LogP contribution >= 0.6 is 0 Å². The molecule has 0 amide bonds. The van der Waals surface area contributed by atoms with Gasteiger partial charge in [-0.15, -0.1) is 0 Å². The van der Waals surface area contributed by atoms with Gasteiger partial charge in [0.2, 0.25) is 0 Å². The first-order chi connectivity index (χ1) is 28.3. The lowest BCUT2D eigenvalue weighted by Crippen LogP contribution is -2.00. The maximum absolute atomic E-state index is 5.05. The normalized spacial score (nSPS) is 11.9. The predicted molar refractivity (Wildman–Crippen MR) is 236 cm³/mol. The summed E-state index contributed by atoms with van der Waals surface area (Å²) in [5, 5.41) is 7.27. The smallest absolute Gasteiger partial charge is 0.0894 e. The van der Waals surface area contributed by atoms with Gasteiger partial charge in [-0.25, -0.2) is 0 Å². The van der Waals surface area contributed by atoms with Crippen LogP contribution in [-0.2, 0) is 0 Å². The van der Waals surface area contributed by atoms with Crippen molar-refractivity contribution in [1.29, 1.82) is 0 Å².